The lowest BCUT2D eigenvalue weighted by atomic mass is 9.85. The molecule has 0 spiro atoms. The molecular formula is C14H16N2O4S. The summed E-state index contributed by atoms with van der Waals surface area (Å²) in [6.07, 6.45) is 2.52. The molecule has 6 nitrogen and oxygen atoms in total. The second kappa shape index (κ2) is 6.24. The second-order valence-corrected chi connectivity index (χ2v) is 6.75. The number of nitrogens with one attached hydrogen (secondary N) is 1. The summed E-state index contributed by atoms with van der Waals surface area (Å²) in [4.78, 5) is 11.1. The number of aliphatic carboxylic acids is 1. The molecular weight excluding hydrogens is 292 g/mol. The van der Waals surface area contributed by atoms with E-state index in [0.717, 1.165) is 12.8 Å². The fraction of sp³-hybridized carbons (Fsp3) is 0.429. The van der Waals surface area contributed by atoms with Crippen LogP contribution in [-0.4, -0.2) is 25.5 Å². The molecule has 2 atom stereocenters. The van der Waals surface area contributed by atoms with Gasteiger partial charge in [0.1, 0.15) is 6.07 Å². The molecule has 21 heavy (non-hydrogen) atoms. The van der Waals surface area contributed by atoms with Crippen molar-refractivity contribution in [3.8, 4) is 6.07 Å². The number of carboxylic acids is 1. The molecule has 112 valence electrons. The predicted molar refractivity (Wildman–Crippen MR) is 74.9 cm³/mol. The van der Waals surface area contributed by atoms with E-state index in [1.807, 2.05) is 6.07 Å². The average molecular weight is 308 g/mol. The van der Waals surface area contributed by atoms with Crippen LogP contribution in [0.1, 0.15) is 31.2 Å². The largest absolute Gasteiger partial charge is 0.481 e. The molecule has 1 aromatic carbocycles. The van der Waals surface area contributed by atoms with E-state index in [2.05, 4.69) is 4.72 Å². The average Bonchev–Trinajstić information content (AvgIpc) is 2.47. The number of rotatable bonds is 4. The third-order valence-corrected chi connectivity index (χ3v) is 5.23. The summed E-state index contributed by atoms with van der Waals surface area (Å²) in [6, 6.07) is 7.09. The molecule has 2 unspecified atom stereocenters. The van der Waals surface area contributed by atoms with E-state index in [4.69, 9.17) is 5.26 Å². The molecule has 0 aromatic heterocycles. The van der Waals surface area contributed by atoms with Gasteiger partial charge in [-0.25, -0.2) is 13.1 Å². The Kier molecular flexibility index (Phi) is 4.60. The molecule has 1 fully saturated rings. The Balaban J connectivity index is 2.28. The maximum atomic E-state index is 12.4. The first kappa shape index (κ1) is 15.5. The van der Waals surface area contributed by atoms with Gasteiger partial charge >= 0.3 is 5.97 Å². The number of hydrogen-bond acceptors (Lipinski definition) is 4. The molecule has 0 radical (unpaired) electrons. The van der Waals surface area contributed by atoms with E-state index in [1.54, 1.807) is 6.07 Å². The Labute approximate surface area is 123 Å². The van der Waals surface area contributed by atoms with Crippen LogP contribution in [0.5, 0.6) is 0 Å². The summed E-state index contributed by atoms with van der Waals surface area (Å²) in [5, 5.41) is 18.2. The number of benzene rings is 1. The Morgan fingerprint density at radius 3 is 2.62 bits per heavy atom. The van der Waals surface area contributed by atoms with Crippen LogP contribution in [0.2, 0.25) is 0 Å². The number of sulfonamides is 1. The molecule has 1 aromatic rings. The minimum atomic E-state index is -3.90. The van der Waals surface area contributed by atoms with Crippen molar-refractivity contribution in [2.45, 2.75) is 36.6 Å². The summed E-state index contributed by atoms with van der Waals surface area (Å²) in [7, 11) is -3.90. The third-order valence-electron chi connectivity index (χ3n) is 3.69. The van der Waals surface area contributed by atoms with E-state index in [1.165, 1.54) is 18.2 Å². The van der Waals surface area contributed by atoms with Gasteiger partial charge in [-0.05, 0) is 25.0 Å². The van der Waals surface area contributed by atoms with Gasteiger partial charge in [-0.3, -0.25) is 4.79 Å². The molecule has 7 heteroatoms. The van der Waals surface area contributed by atoms with Gasteiger partial charge in [0, 0.05) is 6.04 Å². The zero-order valence-corrected chi connectivity index (χ0v) is 12.1. The van der Waals surface area contributed by atoms with Crippen LogP contribution in [0.3, 0.4) is 0 Å². The molecule has 2 N–H and O–H groups in total. The normalized spacial score (nSPS) is 22.4. The summed E-state index contributed by atoms with van der Waals surface area (Å²) in [5.74, 6) is -1.71. The smallest absolute Gasteiger partial charge is 0.308 e. The Hall–Kier alpha value is -1.91. The topological polar surface area (TPSA) is 107 Å². The molecule has 0 aliphatic heterocycles. The second-order valence-electron chi connectivity index (χ2n) is 5.06. The Bertz CT molecular complexity index is 678. The molecule has 0 amide bonds. The first-order valence-corrected chi connectivity index (χ1v) is 8.18. The van der Waals surface area contributed by atoms with Crippen molar-refractivity contribution in [1.82, 2.24) is 4.72 Å². The number of carbonyl (C=O) groups is 1. The molecule has 1 aliphatic carbocycles. The standard InChI is InChI=1S/C14H16N2O4S/c15-9-10-5-1-4-8-13(10)21(19,20)16-12-7-3-2-6-11(12)14(17)18/h1,4-5,8,11-12,16H,2-3,6-7H2,(H,17,18). The SMILES string of the molecule is N#Cc1ccccc1S(=O)(=O)NC1CCCCC1C(=O)O. The lowest BCUT2D eigenvalue weighted by Gasteiger charge is -2.29. The van der Waals surface area contributed by atoms with Crippen LogP contribution in [0.4, 0.5) is 0 Å². The van der Waals surface area contributed by atoms with Crippen molar-refractivity contribution >= 4 is 16.0 Å². The zero-order chi connectivity index (χ0) is 15.5. The third kappa shape index (κ3) is 3.40. The van der Waals surface area contributed by atoms with Crippen molar-refractivity contribution in [3.05, 3.63) is 29.8 Å². The fourth-order valence-electron chi connectivity index (χ4n) is 2.62. The van der Waals surface area contributed by atoms with Crippen molar-refractivity contribution in [2.24, 2.45) is 5.92 Å². The van der Waals surface area contributed by atoms with Crippen LogP contribution in [-0.2, 0) is 14.8 Å². The quantitative estimate of drug-likeness (QED) is 0.876. The van der Waals surface area contributed by atoms with E-state index >= 15 is 0 Å². The number of hydrogen-bond donors (Lipinski definition) is 2. The number of carboxylic acid groups (broad SMARTS) is 1. The minimum Gasteiger partial charge on any atom is -0.481 e. The molecule has 0 saturated heterocycles. The monoisotopic (exact) mass is 308 g/mol. The van der Waals surface area contributed by atoms with E-state index in [-0.39, 0.29) is 10.5 Å². The lowest BCUT2D eigenvalue weighted by Crippen LogP contribution is -2.45. The summed E-state index contributed by atoms with van der Waals surface area (Å²) in [5.41, 5.74) is 0.0488. The van der Waals surface area contributed by atoms with Gasteiger partial charge in [-0.2, -0.15) is 5.26 Å². The van der Waals surface area contributed by atoms with Crippen molar-refractivity contribution in [1.29, 1.82) is 5.26 Å². The van der Waals surface area contributed by atoms with Gasteiger partial charge < -0.3 is 5.11 Å². The van der Waals surface area contributed by atoms with Crippen LogP contribution < -0.4 is 4.72 Å². The minimum absolute atomic E-state index is 0.0488. The molecule has 0 heterocycles. The summed E-state index contributed by atoms with van der Waals surface area (Å²) >= 11 is 0. The number of nitriles is 1. The summed E-state index contributed by atoms with van der Waals surface area (Å²) in [6.45, 7) is 0. The highest BCUT2D eigenvalue weighted by molar-refractivity contribution is 7.89. The predicted octanol–water partition coefficient (Wildman–Crippen LogP) is 1.48. The van der Waals surface area contributed by atoms with Crippen molar-refractivity contribution in [2.75, 3.05) is 0 Å². The maximum Gasteiger partial charge on any atom is 0.308 e. The van der Waals surface area contributed by atoms with Crippen molar-refractivity contribution < 1.29 is 18.3 Å². The van der Waals surface area contributed by atoms with Crippen LogP contribution in [0.25, 0.3) is 0 Å². The van der Waals surface area contributed by atoms with Gasteiger partial charge in [0.15, 0.2) is 0 Å². The Morgan fingerprint density at radius 1 is 1.29 bits per heavy atom. The van der Waals surface area contributed by atoms with Gasteiger partial charge in [0.25, 0.3) is 0 Å². The van der Waals surface area contributed by atoms with Gasteiger partial charge in [-0.15, -0.1) is 0 Å². The zero-order valence-electron chi connectivity index (χ0n) is 11.3. The van der Waals surface area contributed by atoms with E-state index in [0.29, 0.717) is 12.8 Å². The molecule has 2 rings (SSSR count). The van der Waals surface area contributed by atoms with Gasteiger partial charge in [0.05, 0.1) is 16.4 Å². The highest BCUT2D eigenvalue weighted by atomic mass is 32.2. The van der Waals surface area contributed by atoms with Crippen LogP contribution in [0, 0.1) is 17.2 Å². The van der Waals surface area contributed by atoms with Crippen LogP contribution in [0.15, 0.2) is 29.2 Å². The first-order chi connectivity index (χ1) is 9.95. The lowest BCUT2D eigenvalue weighted by molar-refractivity contribution is -0.143. The van der Waals surface area contributed by atoms with Gasteiger partial charge in [0.2, 0.25) is 10.0 Å². The summed E-state index contributed by atoms with van der Waals surface area (Å²) < 4.78 is 27.2. The first-order valence-electron chi connectivity index (χ1n) is 6.70. The highest BCUT2D eigenvalue weighted by Gasteiger charge is 2.34. The highest BCUT2D eigenvalue weighted by Crippen LogP contribution is 2.26. The molecule has 0 bridgehead atoms. The van der Waals surface area contributed by atoms with Crippen molar-refractivity contribution in [3.63, 3.8) is 0 Å². The van der Waals surface area contributed by atoms with Crippen LogP contribution >= 0.6 is 0 Å². The Morgan fingerprint density at radius 2 is 1.95 bits per heavy atom. The molecule has 1 aliphatic rings. The van der Waals surface area contributed by atoms with Gasteiger partial charge in [-0.1, -0.05) is 25.0 Å². The maximum absolute atomic E-state index is 12.4. The number of nitrogens with zero attached hydrogens (tertiary/aromatic N) is 1. The van der Waals surface area contributed by atoms with E-state index in [9.17, 15) is 18.3 Å². The fourth-order valence-corrected chi connectivity index (χ4v) is 4.09. The van der Waals surface area contributed by atoms with E-state index < -0.39 is 28.0 Å². The molecule has 1 saturated carbocycles.